The Hall–Kier alpha value is -1.65. The second-order valence-corrected chi connectivity index (χ2v) is 16.6. The predicted octanol–water partition coefficient (Wildman–Crippen LogP) is 6.79. The second-order valence-electron chi connectivity index (χ2n) is 11.7. The topological polar surface area (TPSA) is 90.0 Å². The van der Waals surface area contributed by atoms with Crippen LogP contribution in [0.5, 0.6) is 0 Å². The van der Waals surface area contributed by atoms with Crippen molar-refractivity contribution in [2.24, 2.45) is 0 Å². The van der Waals surface area contributed by atoms with Gasteiger partial charge in [0, 0.05) is 15.9 Å². The molecule has 0 N–H and O–H groups in total. The predicted molar refractivity (Wildman–Crippen MR) is 156 cm³/mol. The molecule has 1 aliphatic heterocycles. The molecule has 216 valence electrons. The number of nitrogens with zero attached hydrogens (tertiary/aromatic N) is 1. The average molecular weight is 619 g/mol. The molecule has 2 heterocycles. The minimum absolute atomic E-state index is 0.240. The van der Waals surface area contributed by atoms with Crippen LogP contribution >= 0.6 is 34.5 Å². The highest BCUT2D eigenvalue weighted by Crippen LogP contribution is 2.47. The van der Waals surface area contributed by atoms with Crippen molar-refractivity contribution < 1.29 is 27.5 Å². The van der Waals surface area contributed by atoms with Gasteiger partial charge in [0.05, 0.1) is 27.3 Å². The summed E-state index contributed by atoms with van der Waals surface area (Å²) in [6.07, 6.45) is -1.86. The maximum absolute atomic E-state index is 14.1. The van der Waals surface area contributed by atoms with Gasteiger partial charge in [-0.05, 0) is 77.8 Å². The molecule has 7 nitrogen and oxygen atoms in total. The summed E-state index contributed by atoms with van der Waals surface area (Å²) in [5, 5.41) is 0.480. The van der Waals surface area contributed by atoms with Crippen LogP contribution in [0, 0.1) is 0 Å². The standard InChI is InChI=1S/C28H37Cl2NO6S2/c1-8-19(16-39(34,35)28(5,6)7)31-24(21-12-13-22(30)38-21)25(17-10-9-11-18(29)14-17)36-20(26(31)33)15-23(32)37-27(2,3)4/h9-14,19-20,24-25H,8,15-16H2,1-7H3/t19?,20-,24-,25-/m1/s1. The van der Waals surface area contributed by atoms with E-state index < -0.39 is 56.4 Å². The van der Waals surface area contributed by atoms with E-state index in [9.17, 15) is 18.0 Å². The van der Waals surface area contributed by atoms with Gasteiger partial charge in [-0.15, -0.1) is 11.3 Å². The fourth-order valence-corrected chi connectivity index (χ4v) is 7.24. The fraction of sp³-hybridized carbons (Fsp3) is 0.571. The number of benzene rings is 1. The summed E-state index contributed by atoms with van der Waals surface area (Å²) in [5.41, 5.74) is -0.0543. The van der Waals surface area contributed by atoms with Crippen molar-refractivity contribution in [2.45, 2.75) is 95.9 Å². The Morgan fingerprint density at radius 2 is 1.79 bits per heavy atom. The normalized spacial score (nSPS) is 21.6. The molecule has 11 heteroatoms. The highest BCUT2D eigenvalue weighted by Gasteiger charge is 2.49. The van der Waals surface area contributed by atoms with E-state index >= 15 is 0 Å². The molecule has 0 bridgehead atoms. The lowest BCUT2D eigenvalue weighted by Gasteiger charge is -2.47. The van der Waals surface area contributed by atoms with Gasteiger partial charge < -0.3 is 14.4 Å². The van der Waals surface area contributed by atoms with Crippen LogP contribution in [0.2, 0.25) is 9.36 Å². The van der Waals surface area contributed by atoms with E-state index in [4.69, 9.17) is 32.7 Å². The minimum Gasteiger partial charge on any atom is -0.460 e. The molecule has 4 atom stereocenters. The Morgan fingerprint density at radius 3 is 2.31 bits per heavy atom. The number of sulfone groups is 1. The number of morpholine rings is 1. The first-order valence-corrected chi connectivity index (χ1v) is 16.1. The minimum atomic E-state index is -3.61. The molecule has 1 aromatic carbocycles. The highest BCUT2D eigenvalue weighted by molar-refractivity contribution is 7.92. The summed E-state index contributed by atoms with van der Waals surface area (Å²) in [6, 6.07) is 9.28. The van der Waals surface area contributed by atoms with Gasteiger partial charge in [-0.25, -0.2) is 8.42 Å². The Balaban J connectivity index is 2.17. The summed E-state index contributed by atoms with van der Waals surface area (Å²) in [7, 11) is -3.61. The van der Waals surface area contributed by atoms with Crippen molar-refractivity contribution in [3.8, 4) is 0 Å². The van der Waals surface area contributed by atoms with Crippen LogP contribution < -0.4 is 0 Å². The summed E-state index contributed by atoms with van der Waals surface area (Å²) in [6.45, 7) is 12.0. The molecule has 3 rings (SSSR count). The molecule has 0 saturated carbocycles. The first-order valence-electron chi connectivity index (χ1n) is 12.9. The Labute approximate surface area is 245 Å². The SMILES string of the molecule is CCC(CS(=O)(=O)C(C)(C)C)N1C(=O)[C@@H](CC(=O)OC(C)(C)C)O[C@H](c2cccc(Cl)c2)[C@H]1c1ccc(Cl)s1. The van der Waals surface area contributed by atoms with E-state index in [0.717, 1.165) is 4.88 Å². The second kappa shape index (κ2) is 12.1. The lowest BCUT2D eigenvalue weighted by atomic mass is 9.93. The van der Waals surface area contributed by atoms with Gasteiger partial charge in [0.25, 0.3) is 5.91 Å². The van der Waals surface area contributed by atoms with Gasteiger partial charge in [-0.1, -0.05) is 42.3 Å². The molecule has 1 aromatic heterocycles. The van der Waals surface area contributed by atoms with Crippen molar-refractivity contribution in [3.63, 3.8) is 0 Å². The zero-order chi connectivity index (χ0) is 29.3. The molecule has 1 amide bonds. The summed E-state index contributed by atoms with van der Waals surface area (Å²) in [4.78, 5) is 29.3. The highest BCUT2D eigenvalue weighted by atomic mass is 35.5. The van der Waals surface area contributed by atoms with Crippen molar-refractivity contribution in [1.29, 1.82) is 0 Å². The summed E-state index contributed by atoms with van der Waals surface area (Å²) < 4.78 is 38.1. The number of hydrogen-bond donors (Lipinski definition) is 0. The molecular weight excluding hydrogens is 581 g/mol. The summed E-state index contributed by atoms with van der Waals surface area (Å²) in [5.74, 6) is -1.29. The van der Waals surface area contributed by atoms with Crippen LogP contribution in [0.15, 0.2) is 36.4 Å². The van der Waals surface area contributed by atoms with Crippen molar-refractivity contribution in [3.05, 3.63) is 56.2 Å². The molecule has 1 unspecified atom stereocenters. The molecule has 0 aliphatic carbocycles. The van der Waals surface area contributed by atoms with E-state index in [1.54, 1.807) is 70.7 Å². The smallest absolute Gasteiger partial charge is 0.309 e. The average Bonchev–Trinajstić information content (AvgIpc) is 3.22. The number of carbonyl (C=O) groups is 2. The Kier molecular flexibility index (Phi) is 9.86. The third-order valence-corrected chi connectivity index (χ3v) is 10.7. The first-order chi connectivity index (χ1) is 17.9. The van der Waals surface area contributed by atoms with E-state index in [1.807, 2.05) is 19.1 Å². The first kappa shape index (κ1) is 31.9. The zero-order valence-corrected chi connectivity index (χ0v) is 26.5. The van der Waals surface area contributed by atoms with E-state index in [0.29, 0.717) is 21.3 Å². The molecule has 39 heavy (non-hydrogen) atoms. The fourth-order valence-electron chi connectivity index (χ4n) is 4.45. The number of esters is 1. The van der Waals surface area contributed by atoms with Crippen molar-refractivity contribution >= 4 is 56.3 Å². The molecule has 0 radical (unpaired) electrons. The maximum Gasteiger partial charge on any atom is 0.309 e. The lowest BCUT2D eigenvalue weighted by molar-refractivity contribution is -0.185. The van der Waals surface area contributed by atoms with Gasteiger partial charge in [0.2, 0.25) is 0 Å². The van der Waals surface area contributed by atoms with Crippen LogP contribution in [0.1, 0.15) is 83.9 Å². The van der Waals surface area contributed by atoms with Crippen molar-refractivity contribution in [1.82, 2.24) is 4.90 Å². The number of thiophene rings is 1. The van der Waals surface area contributed by atoms with E-state index in [-0.39, 0.29) is 12.2 Å². The zero-order valence-electron chi connectivity index (χ0n) is 23.4. The largest absolute Gasteiger partial charge is 0.460 e. The van der Waals surface area contributed by atoms with Gasteiger partial charge in [-0.2, -0.15) is 0 Å². The molecule has 1 aliphatic rings. The van der Waals surface area contributed by atoms with Gasteiger partial charge in [-0.3, -0.25) is 9.59 Å². The van der Waals surface area contributed by atoms with E-state index in [1.165, 1.54) is 11.3 Å². The number of halogens is 2. The summed E-state index contributed by atoms with van der Waals surface area (Å²) >= 11 is 14.0. The van der Waals surface area contributed by atoms with Crippen LogP contribution in [-0.4, -0.2) is 53.4 Å². The third kappa shape index (κ3) is 7.76. The van der Waals surface area contributed by atoms with Crippen LogP contribution in [0.4, 0.5) is 0 Å². The monoisotopic (exact) mass is 617 g/mol. The van der Waals surface area contributed by atoms with Crippen molar-refractivity contribution in [2.75, 3.05) is 5.75 Å². The lowest BCUT2D eigenvalue weighted by Crippen LogP contribution is -2.57. The van der Waals surface area contributed by atoms with Gasteiger partial charge in [0.1, 0.15) is 17.8 Å². The van der Waals surface area contributed by atoms with Gasteiger partial charge >= 0.3 is 5.97 Å². The van der Waals surface area contributed by atoms with Gasteiger partial charge in [0.15, 0.2) is 9.84 Å². The number of hydrogen-bond acceptors (Lipinski definition) is 7. The quantitative estimate of drug-likeness (QED) is 0.303. The Morgan fingerprint density at radius 1 is 1.13 bits per heavy atom. The van der Waals surface area contributed by atoms with Crippen LogP contribution in [-0.2, 0) is 28.9 Å². The molecule has 2 aromatic rings. The number of ether oxygens (including phenoxy) is 2. The Bertz CT molecular complexity index is 1300. The molecule has 1 fully saturated rings. The van der Waals surface area contributed by atoms with E-state index in [2.05, 4.69) is 0 Å². The number of amides is 1. The maximum atomic E-state index is 14.1. The number of carbonyl (C=O) groups excluding carboxylic acids is 2. The van der Waals surface area contributed by atoms with Crippen LogP contribution in [0.25, 0.3) is 0 Å². The third-order valence-electron chi connectivity index (χ3n) is 6.47. The number of rotatable bonds is 8. The molecule has 0 spiro atoms. The molecular formula is C28H37Cl2NO6S2. The molecule has 1 saturated heterocycles. The van der Waals surface area contributed by atoms with Crippen LogP contribution in [0.3, 0.4) is 0 Å².